The number of alkyl halides is 1. The number of allylic oxidation sites excluding steroid dienone is 1. The second-order valence-electron chi connectivity index (χ2n) is 2.87. The van der Waals surface area contributed by atoms with Gasteiger partial charge in [-0.05, 0) is 26.0 Å². The second kappa shape index (κ2) is 5.05. The maximum atomic E-state index is 11.4. The predicted molar refractivity (Wildman–Crippen MR) is 54.1 cm³/mol. The van der Waals surface area contributed by atoms with E-state index in [1.54, 1.807) is 19.1 Å². The Kier molecular flexibility index (Phi) is 4.01. The van der Waals surface area contributed by atoms with Gasteiger partial charge < -0.3 is 9.47 Å². The molecule has 1 aliphatic rings. The Morgan fingerprint density at radius 2 is 2.43 bits per heavy atom. The van der Waals surface area contributed by atoms with Crippen LogP contribution in [0, 0.1) is 0 Å². The monoisotopic (exact) mass is 216 g/mol. The number of hydrogen-bond donors (Lipinski definition) is 0. The Balaban J connectivity index is 2.83. The van der Waals surface area contributed by atoms with Gasteiger partial charge in [0, 0.05) is 0 Å². The van der Waals surface area contributed by atoms with Gasteiger partial charge in [-0.2, -0.15) is 0 Å². The standard InChI is InChI=1S/C10H13ClO3/c1-3-13-10(12)8-5-4-7(2)14-9(8)6-11/h4-5,7H,3,6H2,1-2H3. The fourth-order valence-electron chi connectivity index (χ4n) is 1.15. The highest BCUT2D eigenvalue weighted by molar-refractivity contribution is 6.19. The first kappa shape index (κ1) is 11.1. The number of esters is 1. The minimum absolute atomic E-state index is 0.0399. The average molecular weight is 217 g/mol. The number of rotatable bonds is 3. The van der Waals surface area contributed by atoms with E-state index in [9.17, 15) is 4.79 Å². The van der Waals surface area contributed by atoms with Crippen LogP contribution in [0.4, 0.5) is 0 Å². The summed E-state index contributed by atoms with van der Waals surface area (Å²) in [6.07, 6.45) is 3.45. The molecule has 3 nitrogen and oxygen atoms in total. The molecule has 0 aromatic rings. The Hall–Kier alpha value is -0.960. The Morgan fingerprint density at radius 1 is 1.71 bits per heavy atom. The van der Waals surface area contributed by atoms with Crippen molar-refractivity contribution in [1.29, 1.82) is 0 Å². The third kappa shape index (κ3) is 2.51. The van der Waals surface area contributed by atoms with Gasteiger partial charge in [-0.3, -0.25) is 0 Å². The van der Waals surface area contributed by atoms with Crippen LogP contribution in [0.15, 0.2) is 23.5 Å². The summed E-state index contributed by atoms with van der Waals surface area (Å²) in [6.45, 7) is 3.99. The minimum atomic E-state index is -0.383. The number of carbonyl (C=O) groups is 1. The fraction of sp³-hybridized carbons (Fsp3) is 0.500. The molecule has 78 valence electrons. The zero-order valence-corrected chi connectivity index (χ0v) is 9.00. The lowest BCUT2D eigenvalue weighted by Gasteiger charge is -2.19. The van der Waals surface area contributed by atoms with Crippen molar-refractivity contribution in [3.8, 4) is 0 Å². The molecule has 1 aliphatic heterocycles. The summed E-state index contributed by atoms with van der Waals surface area (Å²) in [5.41, 5.74) is 0.417. The number of ether oxygens (including phenoxy) is 2. The molecule has 0 aliphatic carbocycles. The molecule has 0 spiro atoms. The maximum absolute atomic E-state index is 11.4. The summed E-state index contributed by atoms with van der Waals surface area (Å²) in [7, 11) is 0. The molecule has 0 amide bonds. The molecular formula is C10H13ClO3. The highest BCUT2D eigenvalue weighted by Gasteiger charge is 2.19. The van der Waals surface area contributed by atoms with Gasteiger partial charge in [0.1, 0.15) is 11.9 Å². The molecule has 1 unspecified atom stereocenters. The zero-order valence-electron chi connectivity index (χ0n) is 8.25. The molecule has 0 saturated carbocycles. The smallest absolute Gasteiger partial charge is 0.341 e. The van der Waals surface area contributed by atoms with E-state index in [0.717, 1.165) is 0 Å². The average Bonchev–Trinajstić information content (AvgIpc) is 2.17. The van der Waals surface area contributed by atoms with Crippen molar-refractivity contribution in [3.05, 3.63) is 23.5 Å². The summed E-state index contributed by atoms with van der Waals surface area (Å²) in [6, 6.07) is 0. The number of hydrogen-bond acceptors (Lipinski definition) is 3. The van der Waals surface area contributed by atoms with Gasteiger partial charge in [0.05, 0.1) is 18.1 Å². The van der Waals surface area contributed by atoms with E-state index < -0.39 is 0 Å². The number of carbonyl (C=O) groups excluding carboxylic acids is 1. The summed E-state index contributed by atoms with van der Waals surface area (Å²) in [4.78, 5) is 11.4. The van der Waals surface area contributed by atoms with Gasteiger partial charge in [0.25, 0.3) is 0 Å². The van der Waals surface area contributed by atoms with Crippen molar-refractivity contribution in [1.82, 2.24) is 0 Å². The van der Waals surface area contributed by atoms with Crippen molar-refractivity contribution in [2.24, 2.45) is 0 Å². The molecular weight excluding hydrogens is 204 g/mol. The lowest BCUT2D eigenvalue weighted by atomic mass is 10.1. The van der Waals surface area contributed by atoms with E-state index in [0.29, 0.717) is 17.9 Å². The Labute approximate surface area is 88.3 Å². The van der Waals surface area contributed by atoms with Gasteiger partial charge in [-0.15, -0.1) is 11.6 Å². The summed E-state index contributed by atoms with van der Waals surface area (Å²) in [5.74, 6) is 0.287. The van der Waals surface area contributed by atoms with Gasteiger partial charge >= 0.3 is 5.97 Å². The van der Waals surface area contributed by atoms with E-state index in [1.165, 1.54) is 0 Å². The first-order valence-corrected chi connectivity index (χ1v) is 5.03. The Morgan fingerprint density at radius 3 is 3.00 bits per heavy atom. The summed E-state index contributed by atoms with van der Waals surface area (Å²) in [5, 5.41) is 0. The summed E-state index contributed by atoms with van der Waals surface area (Å²) < 4.78 is 10.2. The van der Waals surface area contributed by atoms with Crippen molar-refractivity contribution < 1.29 is 14.3 Å². The molecule has 0 aromatic heterocycles. The quantitative estimate of drug-likeness (QED) is 0.535. The lowest BCUT2D eigenvalue weighted by Crippen LogP contribution is -2.17. The molecule has 1 atom stereocenters. The van der Waals surface area contributed by atoms with Crippen LogP contribution in [0.2, 0.25) is 0 Å². The van der Waals surface area contributed by atoms with E-state index in [2.05, 4.69) is 0 Å². The normalized spacial score (nSPS) is 20.6. The van der Waals surface area contributed by atoms with E-state index >= 15 is 0 Å². The van der Waals surface area contributed by atoms with Crippen molar-refractivity contribution >= 4 is 17.6 Å². The van der Waals surface area contributed by atoms with Crippen molar-refractivity contribution in [2.75, 3.05) is 12.5 Å². The molecule has 0 saturated heterocycles. The molecule has 0 fully saturated rings. The van der Waals surface area contributed by atoms with E-state index in [4.69, 9.17) is 21.1 Å². The topological polar surface area (TPSA) is 35.5 Å². The fourth-order valence-corrected chi connectivity index (χ4v) is 1.35. The van der Waals surface area contributed by atoms with Gasteiger partial charge in [-0.1, -0.05) is 0 Å². The largest absolute Gasteiger partial charge is 0.489 e. The lowest BCUT2D eigenvalue weighted by molar-refractivity contribution is -0.138. The highest BCUT2D eigenvalue weighted by atomic mass is 35.5. The first-order chi connectivity index (χ1) is 6.69. The van der Waals surface area contributed by atoms with Crippen LogP contribution in [-0.2, 0) is 14.3 Å². The van der Waals surface area contributed by atoms with Gasteiger partial charge in [0.15, 0.2) is 0 Å². The SMILES string of the molecule is CCOC(=O)C1=C(CCl)OC(C)C=C1. The maximum Gasteiger partial charge on any atom is 0.341 e. The second-order valence-corrected chi connectivity index (χ2v) is 3.14. The zero-order chi connectivity index (χ0) is 10.6. The molecule has 1 rings (SSSR count). The van der Waals surface area contributed by atoms with Crippen molar-refractivity contribution in [2.45, 2.75) is 20.0 Å². The number of halogens is 1. The van der Waals surface area contributed by atoms with E-state index in [1.807, 2.05) is 6.92 Å². The van der Waals surface area contributed by atoms with Crippen LogP contribution in [0.3, 0.4) is 0 Å². The van der Waals surface area contributed by atoms with Gasteiger partial charge in [0.2, 0.25) is 0 Å². The molecule has 0 aromatic carbocycles. The molecule has 14 heavy (non-hydrogen) atoms. The van der Waals surface area contributed by atoms with Crippen LogP contribution < -0.4 is 0 Å². The summed E-state index contributed by atoms with van der Waals surface area (Å²) >= 11 is 5.66. The predicted octanol–water partition coefficient (Wildman–Crippen LogP) is 2.02. The van der Waals surface area contributed by atoms with Crippen molar-refractivity contribution in [3.63, 3.8) is 0 Å². The van der Waals surface area contributed by atoms with Gasteiger partial charge in [-0.25, -0.2) is 4.79 Å². The van der Waals surface area contributed by atoms with Crippen LogP contribution >= 0.6 is 11.6 Å². The third-order valence-electron chi connectivity index (χ3n) is 1.78. The highest BCUT2D eigenvalue weighted by Crippen LogP contribution is 2.19. The third-order valence-corrected chi connectivity index (χ3v) is 2.02. The van der Waals surface area contributed by atoms with Crippen LogP contribution in [0.25, 0.3) is 0 Å². The first-order valence-electron chi connectivity index (χ1n) is 4.50. The van der Waals surface area contributed by atoms with Crippen LogP contribution in [0.1, 0.15) is 13.8 Å². The van der Waals surface area contributed by atoms with E-state index in [-0.39, 0.29) is 18.0 Å². The van der Waals surface area contributed by atoms with Crippen LogP contribution in [0.5, 0.6) is 0 Å². The molecule has 4 heteroatoms. The minimum Gasteiger partial charge on any atom is -0.489 e. The Bertz CT molecular complexity index is 281. The van der Waals surface area contributed by atoms with Crippen LogP contribution in [-0.4, -0.2) is 24.6 Å². The molecule has 1 heterocycles. The molecule has 0 radical (unpaired) electrons. The molecule has 0 bridgehead atoms. The molecule has 0 N–H and O–H groups in total.